The van der Waals surface area contributed by atoms with Gasteiger partial charge in [0.05, 0.1) is 35.9 Å². The predicted molar refractivity (Wildman–Crippen MR) is 133 cm³/mol. The van der Waals surface area contributed by atoms with Crippen LogP contribution in [-0.2, 0) is 13.1 Å². The molecule has 2 heterocycles. The Bertz CT molecular complexity index is 1240. The molecule has 4 aromatic rings. The lowest BCUT2D eigenvalue weighted by atomic mass is 10.1. The molecule has 2 aromatic heterocycles. The predicted octanol–water partition coefficient (Wildman–Crippen LogP) is 6.40. The number of para-hydroxylation sites is 1. The van der Waals surface area contributed by atoms with Gasteiger partial charge in [-0.05, 0) is 49.7 Å². The minimum atomic E-state index is -0.804. The van der Waals surface area contributed by atoms with Gasteiger partial charge in [-0.25, -0.2) is 13.5 Å². The number of ether oxygens (including phenoxy) is 1. The van der Waals surface area contributed by atoms with Crippen molar-refractivity contribution in [2.24, 2.45) is 0 Å². The van der Waals surface area contributed by atoms with Crippen molar-refractivity contribution in [3.63, 3.8) is 0 Å². The lowest BCUT2D eigenvalue weighted by molar-refractivity contribution is 0.0915. The van der Waals surface area contributed by atoms with Crippen LogP contribution in [-0.4, -0.2) is 32.4 Å². The first kappa shape index (κ1) is 25.6. The first-order chi connectivity index (χ1) is 17.4. The summed E-state index contributed by atoms with van der Waals surface area (Å²) in [6.07, 6.45) is 3.73. The number of hydrogen-bond acceptors (Lipinski definition) is 5. The number of benzene rings is 2. The number of nitrogens with zero attached hydrogens (tertiary/aromatic N) is 3. The van der Waals surface area contributed by atoms with Crippen molar-refractivity contribution in [3.05, 3.63) is 95.6 Å². The summed E-state index contributed by atoms with van der Waals surface area (Å²) < 4.78 is 41.3. The van der Waals surface area contributed by atoms with Gasteiger partial charge in [0.15, 0.2) is 11.6 Å². The molecule has 1 N–H and O–H groups in total. The normalized spacial score (nSPS) is 12.3. The molecule has 36 heavy (non-hydrogen) atoms. The zero-order valence-electron chi connectivity index (χ0n) is 20.5. The van der Waals surface area contributed by atoms with E-state index in [1.807, 2.05) is 49.4 Å². The van der Waals surface area contributed by atoms with Crippen LogP contribution in [0.5, 0.6) is 11.6 Å². The maximum absolute atomic E-state index is 14.6. The second-order valence-electron chi connectivity index (χ2n) is 8.84. The molecule has 0 saturated carbocycles. The molecule has 0 saturated heterocycles. The highest BCUT2D eigenvalue weighted by Crippen LogP contribution is 2.33. The molecular weight excluding hydrogens is 464 g/mol. The van der Waals surface area contributed by atoms with Gasteiger partial charge in [0.2, 0.25) is 5.88 Å². The van der Waals surface area contributed by atoms with Gasteiger partial charge in [0.1, 0.15) is 11.6 Å². The summed E-state index contributed by atoms with van der Waals surface area (Å²) in [4.78, 5) is 2.06. The number of aromatic nitrogens is 2. The van der Waals surface area contributed by atoms with Crippen molar-refractivity contribution < 1.29 is 23.0 Å². The van der Waals surface area contributed by atoms with Crippen molar-refractivity contribution >= 4 is 0 Å². The Hall–Kier alpha value is -3.49. The average Bonchev–Trinajstić information content (AvgIpc) is 3.48. The molecule has 0 bridgehead atoms. The number of unbranched alkanes of at least 4 members (excludes halogenated alkanes) is 1. The maximum atomic E-state index is 14.6. The van der Waals surface area contributed by atoms with Crippen LogP contribution in [0.2, 0.25) is 0 Å². The van der Waals surface area contributed by atoms with E-state index >= 15 is 0 Å². The number of aryl methyl sites for hydroxylation is 1. The third kappa shape index (κ3) is 6.38. The highest BCUT2D eigenvalue weighted by Gasteiger charge is 2.24. The Morgan fingerprint density at radius 1 is 1.08 bits per heavy atom. The van der Waals surface area contributed by atoms with Crippen LogP contribution in [0.4, 0.5) is 8.78 Å². The van der Waals surface area contributed by atoms with Gasteiger partial charge < -0.3 is 14.3 Å². The second-order valence-corrected chi connectivity index (χ2v) is 8.84. The van der Waals surface area contributed by atoms with E-state index in [0.29, 0.717) is 37.6 Å². The molecular formula is C28H31F2N3O3. The van der Waals surface area contributed by atoms with Crippen LogP contribution in [0.25, 0.3) is 5.69 Å². The zero-order chi connectivity index (χ0) is 25.5. The average molecular weight is 496 g/mol. The summed E-state index contributed by atoms with van der Waals surface area (Å²) in [5, 5.41) is 15.4. The van der Waals surface area contributed by atoms with Crippen LogP contribution >= 0.6 is 0 Å². The van der Waals surface area contributed by atoms with Gasteiger partial charge in [-0.2, -0.15) is 5.10 Å². The monoisotopic (exact) mass is 495 g/mol. The molecule has 6 nitrogen and oxygen atoms in total. The fourth-order valence-corrected chi connectivity index (χ4v) is 4.09. The van der Waals surface area contributed by atoms with Crippen LogP contribution in [0.1, 0.15) is 43.2 Å². The Kier molecular flexibility index (Phi) is 8.51. The third-order valence-electron chi connectivity index (χ3n) is 5.94. The van der Waals surface area contributed by atoms with E-state index < -0.39 is 17.7 Å². The maximum Gasteiger partial charge on any atom is 0.227 e. The number of hydrogen-bond donors (Lipinski definition) is 1. The molecule has 0 amide bonds. The van der Waals surface area contributed by atoms with Crippen molar-refractivity contribution in [1.82, 2.24) is 14.7 Å². The van der Waals surface area contributed by atoms with E-state index in [1.54, 1.807) is 10.9 Å². The Labute approximate surface area is 209 Å². The molecule has 0 radical (unpaired) electrons. The number of aliphatic hydroxyl groups excluding tert-OH is 1. The van der Waals surface area contributed by atoms with E-state index in [4.69, 9.17) is 9.15 Å². The molecule has 1 atom stereocenters. The fraction of sp³-hybridized carbons (Fsp3) is 0.321. The van der Waals surface area contributed by atoms with Crippen LogP contribution in [0.3, 0.4) is 0 Å². The molecule has 190 valence electrons. The Balaban J connectivity index is 1.71. The van der Waals surface area contributed by atoms with E-state index in [2.05, 4.69) is 16.9 Å². The van der Waals surface area contributed by atoms with Gasteiger partial charge >= 0.3 is 0 Å². The van der Waals surface area contributed by atoms with E-state index in [0.717, 1.165) is 42.0 Å². The lowest BCUT2D eigenvalue weighted by Crippen LogP contribution is -2.32. The molecule has 4 rings (SSSR count). The van der Waals surface area contributed by atoms with Crippen molar-refractivity contribution in [1.29, 1.82) is 0 Å². The summed E-state index contributed by atoms with van der Waals surface area (Å²) in [5.74, 6) is -0.495. The topological polar surface area (TPSA) is 63.7 Å². The quantitative estimate of drug-likeness (QED) is 0.246. The fourth-order valence-electron chi connectivity index (χ4n) is 4.09. The highest BCUT2D eigenvalue weighted by atomic mass is 19.1. The summed E-state index contributed by atoms with van der Waals surface area (Å²) >= 11 is 0. The number of aliphatic hydroxyl groups is 1. The SMILES string of the molecule is CCCCC(O)CN(Cc1ccco1)Cc1c(C)nn(-c2ccccc2)c1Oc1ccc(F)cc1F. The standard InChI is InChI=1S/C28H31F2N3O3/c1-3-4-11-23(34)17-32(18-24-12-8-15-35-24)19-25-20(2)31-33(22-9-6-5-7-10-22)28(25)36-27-14-13-21(29)16-26(27)30/h5-10,12-16,23,34H,3-4,11,17-19H2,1-2H3. The first-order valence-electron chi connectivity index (χ1n) is 12.1. The summed E-state index contributed by atoms with van der Waals surface area (Å²) in [6.45, 7) is 5.21. The van der Waals surface area contributed by atoms with Gasteiger partial charge in [-0.15, -0.1) is 0 Å². The molecule has 1 unspecified atom stereocenters. The number of halogens is 2. The third-order valence-corrected chi connectivity index (χ3v) is 5.94. The van der Waals surface area contributed by atoms with E-state index in [-0.39, 0.29) is 5.75 Å². The van der Waals surface area contributed by atoms with Gasteiger partial charge in [-0.1, -0.05) is 38.0 Å². The van der Waals surface area contributed by atoms with Gasteiger partial charge in [0, 0.05) is 19.2 Å². The molecule has 0 aliphatic rings. The second kappa shape index (κ2) is 12.0. The highest BCUT2D eigenvalue weighted by molar-refractivity contribution is 5.43. The number of furan rings is 1. The lowest BCUT2D eigenvalue weighted by Gasteiger charge is -2.24. The molecule has 0 aliphatic carbocycles. The summed E-state index contributed by atoms with van der Waals surface area (Å²) in [6, 6.07) is 16.3. The molecule has 8 heteroatoms. The van der Waals surface area contributed by atoms with Crippen molar-refractivity contribution in [3.8, 4) is 17.3 Å². The number of rotatable bonds is 12. The summed E-state index contributed by atoms with van der Waals surface area (Å²) in [5.41, 5.74) is 2.17. The molecule has 0 spiro atoms. The largest absolute Gasteiger partial charge is 0.468 e. The van der Waals surface area contributed by atoms with Gasteiger partial charge in [-0.3, -0.25) is 4.90 Å². The summed E-state index contributed by atoms with van der Waals surface area (Å²) in [7, 11) is 0. The Morgan fingerprint density at radius 2 is 1.89 bits per heavy atom. The zero-order valence-corrected chi connectivity index (χ0v) is 20.5. The molecule has 0 fully saturated rings. The van der Waals surface area contributed by atoms with E-state index in [9.17, 15) is 13.9 Å². The van der Waals surface area contributed by atoms with E-state index in [1.165, 1.54) is 6.07 Å². The van der Waals surface area contributed by atoms with Crippen LogP contribution in [0.15, 0.2) is 71.3 Å². The Morgan fingerprint density at radius 3 is 2.58 bits per heavy atom. The minimum absolute atomic E-state index is 0.102. The van der Waals surface area contributed by atoms with Crippen LogP contribution in [0, 0.1) is 18.6 Å². The van der Waals surface area contributed by atoms with Crippen molar-refractivity contribution in [2.75, 3.05) is 6.54 Å². The molecule has 2 aromatic carbocycles. The first-order valence-corrected chi connectivity index (χ1v) is 12.1. The smallest absolute Gasteiger partial charge is 0.227 e. The van der Waals surface area contributed by atoms with Crippen LogP contribution < -0.4 is 4.74 Å². The molecule has 0 aliphatic heterocycles. The van der Waals surface area contributed by atoms with Crippen molar-refractivity contribution in [2.45, 2.75) is 52.3 Å². The minimum Gasteiger partial charge on any atom is -0.468 e. The van der Waals surface area contributed by atoms with Gasteiger partial charge in [0.25, 0.3) is 0 Å².